The first-order valence-corrected chi connectivity index (χ1v) is 11.2. The molecule has 3 rings (SSSR count). The van der Waals surface area contributed by atoms with Gasteiger partial charge >= 0.3 is 5.97 Å². The minimum Gasteiger partial charge on any atom is -0.483 e. The van der Waals surface area contributed by atoms with Gasteiger partial charge in [-0.05, 0) is 58.6 Å². The lowest BCUT2D eigenvalue weighted by atomic mass is 10.1. The van der Waals surface area contributed by atoms with E-state index in [0.717, 1.165) is 26.9 Å². The van der Waals surface area contributed by atoms with Crippen LogP contribution in [0.1, 0.15) is 29.1 Å². The summed E-state index contributed by atoms with van der Waals surface area (Å²) in [5.41, 5.74) is 2.52. The number of anilines is 1. The predicted molar refractivity (Wildman–Crippen MR) is 123 cm³/mol. The molecule has 3 aromatic rings. The average molecular weight is 488 g/mol. The van der Waals surface area contributed by atoms with Crippen molar-refractivity contribution in [2.24, 2.45) is 0 Å². The van der Waals surface area contributed by atoms with E-state index in [2.05, 4.69) is 21.2 Å². The molecule has 0 spiro atoms. The molecular formula is C23H22BrNO4S. The van der Waals surface area contributed by atoms with Gasteiger partial charge in [-0.3, -0.25) is 4.79 Å². The maximum Gasteiger partial charge on any atom is 0.341 e. The highest BCUT2D eigenvalue weighted by Crippen LogP contribution is 2.31. The van der Waals surface area contributed by atoms with E-state index in [1.165, 1.54) is 11.3 Å². The van der Waals surface area contributed by atoms with Gasteiger partial charge in [-0.25, -0.2) is 4.79 Å². The van der Waals surface area contributed by atoms with Crippen LogP contribution in [0, 0.1) is 0 Å². The maximum atomic E-state index is 12.4. The van der Waals surface area contributed by atoms with E-state index in [1.54, 1.807) is 13.0 Å². The second-order valence-electron chi connectivity index (χ2n) is 6.38. The molecule has 0 aliphatic carbocycles. The van der Waals surface area contributed by atoms with Crippen molar-refractivity contribution < 1.29 is 19.1 Å². The Hall–Kier alpha value is -2.64. The summed E-state index contributed by atoms with van der Waals surface area (Å²) in [6.45, 7) is 3.84. The van der Waals surface area contributed by atoms with Crippen molar-refractivity contribution in [1.82, 2.24) is 0 Å². The standard InChI is InChI=1S/C23H22BrNO4S/c1-3-17-13-18(23(27)28-4-2)22(30-17)25-21(26)14-29-20-11-10-16(12-19(20)24)15-8-6-5-7-9-15/h5-13H,3-4,14H2,1-2H3,(H,25,26). The van der Waals surface area contributed by atoms with E-state index < -0.39 is 5.97 Å². The SMILES string of the molecule is CCOC(=O)c1cc(CC)sc1NC(=O)COc1ccc(-c2ccccc2)cc1Br. The molecular weight excluding hydrogens is 466 g/mol. The van der Waals surface area contributed by atoms with Gasteiger partial charge in [0.05, 0.1) is 16.6 Å². The zero-order chi connectivity index (χ0) is 21.5. The number of nitrogens with one attached hydrogen (secondary N) is 1. The van der Waals surface area contributed by atoms with Crippen LogP contribution in [0.25, 0.3) is 11.1 Å². The number of carbonyl (C=O) groups is 2. The van der Waals surface area contributed by atoms with Crippen molar-refractivity contribution in [2.75, 3.05) is 18.5 Å². The lowest BCUT2D eigenvalue weighted by molar-refractivity contribution is -0.118. The van der Waals surface area contributed by atoms with E-state index in [1.807, 2.05) is 55.5 Å². The second kappa shape index (κ2) is 10.4. The van der Waals surface area contributed by atoms with E-state index in [-0.39, 0.29) is 19.1 Å². The molecule has 30 heavy (non-hydrogen) atoms. The zero-order valence-corrected chi connectivity index (χ0v) is 19.1. The van der Waals surface area contributed by atoms with Gasteiger partial charge in [0, 0.05) is 4.88 Å². The van der Waals surface area contributed by atoms with Crippen molar-refractivity contribution in [1.29, 1.82) is 0 Å². The Morgan fingerprint density at radius 1 is 1.03 bits per heavy atom. The number of thiophene rings is 1. The molecule has 0 aliphatic rings. The fraction of sp³-hybridized carbons (Fsp3) is 0.217. The number of amides is 1. The zero-order valence-electron chi connectivity index (χ0n) is 16.7. The molecule has 0 unspecified atom stereocenters. The van der Waals surface area contributed by atoms with Crippen molar-refractivity contribution in [3.05, 3.63) is 69.5 Å². The summed E-state index contributed by atoms with van der Waals surface area (Å²) < 4.78 is 11.5. The van der Waals surface area contributed by atoms with Crippen LogP contribution < -0.4 is 10.1 Å². The fourth-order valence-corrected chi connectivity index (χ4v) is 4.30. The van der Waals surface area contributed by atoms with E-state index in [4.69, 9.17) is 9.47 Å². The highest BCUT2D eigenvalue weighted by Gasteiger charge is 2.19. The van der Waals surface area contributed by atoms with Crippen LogP contribution in [-0.2, 0) is 16.0 Å². The number of esters is 1. The minimum atomic E-state index is -0.441. The van der Waals surface area contributed by atoms with Crippen molar-refractivity contribution in [2.45, 2.75) is 20.3 Å². The van der Waals surface area contributed by atoms with Gasteiger partial charge < -0.3 is 14.8 Å². The first-order valence-electron chi connectivity index (χ1n) is 9.59. The van der Waals surface area contributed by atoms with Gasteiger partial charge in [0.2, 0.25) is 0 Å². The first-order chi connectivity index (χ1) is 14.5. The van der Waals surface area contributed by atoms with Gasteiger partial charge in [0.25, 0.3) is 5.91 Å². The summed E-state index contributed by atoms with van der Waals surface area (Å²) in [7, 11) is 0. The van der Waals surface area contributed by atoms with Crippen LogP contribution in [0.15, 0.2) is 59.1 Å². The first kappa shape index (κ1) is 22.1. The smallest absolute Gasteiger partial charge is 0.341 e. The van der Waals surface area contributed by atoms with Gasteiger partial charge in [0.15, 0.2) is 6.61 Å². The quantitative estimate of drug-likeness (QED) is 0.399. The maximum absolute atomic E-state index is 12.4. The summed E-state index contributed by atoms with van der Waals surface area (Å²) >= 11 is 4.87. The summed E-state index contributed by atoms with van der Waals surface area (Å²) in [5, 5.41) is 3.25. The number of halogens is 1. The molecule has 0 saturated carbocycles. The van der Waals surface area contributed by atoms with Gasteiger partial charge in [-0.2, -0.15) is 0 Å². The Kier molecular flexibility index (Phi) is 7.65. The summed E-state index contributed by atoms with van der Waals surface area (Å²) in [4.78, 5) is 25.6. The third-order valence-corrected chi connectivity index (χ3v) is 6.09. The molecule has 0 saturated heterocycles. The van der Waals surface area contributed by atoms with Crippen molar-refractivity contribution >= 4 is 44.1 Å². The van der Waals surface area contributed by atoms with Crippen LogP contribution in [0.4, 0.5) is 5.00 Å². The van der Waals surface area contributed by atoms with Crippen LogP contribution >= 0.6 is 27.3 Å². The third kappa shape index (κ3) is 5.49. The van der Waals surface area contributed by atoms with E-state index in [9.17, 15) is 9.59 Å². The largest absolute Gasteiger partial charge is 0.483 e. The molecule has 2 aromatic carbocycles. The molecule has 7 heteroatoms. The van der Waals surface area contributed by atoms with Crippen molar-refractivity contribution in [3.8, 4) is 16.9 Å². The molecule has 1 heterocycles. The minimum absolute atomic E-state index is 0.176. The van der Waals surface area contributed by atoms with Gasteiger partial charge in [-0.15, -0.1) is 11.3 Å². The van der Waals surface area contributed by atoms with E-state index >= 15 is 0 Å². The molecule has 0 fully saturated rings. The Labute approximate surface area is 188 Å². The molecule has 5 nitrogen and oxygen atoms in total. The highest BCUT2D eigenvalue weighted by atomic mass is 79.9. The molecule has 0 bridgehead atoms. The molecule has 0 radical (unpaired) electrons. The van der Waals surface area contributed by atoms with Crippen LogP contribution in [-0.4, -0.2) is 25.1 Å². The summed E-state index contributed by atoms with van der Waals surface area (Å²) in [5.74, 6) is -0.219. The Morgan fingerprint density at radius 3 is 2.47 bits per heavy atom. The summed E-state index contributed by atoms with van der Waals surface area (Å²) in [6.07, 6.45) is 0.768. The number of rotatable bonds is 8. The monoisotopic (exact) mass is 487 g/mol. The molecule has 1 N–H and O–H groups in total. The number of benzene rings is 2. The highest BCUT2D eigenvalue weighted by molar-refractivity contribution is 9.10. The number of carbonyl (C=O) groups excluding carboxylic acids is 2. The molecule has 1 amide bonds. The number of ether oxygens (including phenoxy) is 2. The molecule has 1 aromatic heterocycles. The Morgan fingerprint density at radius 2 is 1.80 bits per heavy atom. The van der Waals surface area contributed by atoms with Gasteiger partial charge in [0.1, 0.15) is 10.8 Å². The normalized spacial score (nSPS) is 10.5. The topological polar surface area (TPSA) is 64.6 Å². The number of hydrogen-bond acceptors (Lipinski definition) is 5. The van der Waals surface area contributed by atoms with Crippen LogP contribution in [0.2, 0.25) is 0 Å². The lowest BCUT2D eigenvalue weighted by Crippen LogP contribution is -2.21. The lowest BCUT2D eigenvalue weighted by Gasteiger charge is -2.10. The number of aryl methyl sites for hydroxylation is 1. The predicted octanol–water partition coefficient (Wildman–Crippen LogP) is 5.93. The van der Waals surface area contributed by atoms with E-state index in [0.29, 0.717) is 16.3 Å². The second-order valence-corrected chi connectivity index (χ2v) is 8.37. The Bertz CT molecular complexity index is 1030. The average Bonchev–Trinajstić information content (AvgIpc) is 3.16. The van der Waals surface area contributed by atoms with Gasteiger partial charge in [-0.1, -0.05) is 43.3 Å². The third-order valence-electron chi connectivity index (χ3n) is 4.28. The molecule has 156 valence electrons. The Balaban J connectivity index is 1.65. The van der Waals surface area contributed by atoms with Crippen LogP contribution in [0.5, 0.6) is 5.75 Å². The van der Waals surface area contributed by atoms with Crippen LogP contribution in [0.3, 0.4) is 0 Å². The number of hydrogen-bond donors (Lipinski definition) is 1. The fourth-order valence-electron chi connectivity index (χ4n) is 2.80. The summed E-state index contributed by atoms with van der Waals surface area (Å²) in [6, 6.07) is 17.5. The molecule has 0 atom stereocenters. The molecule has 0 aliphatic heterocycles. The van der Waals surface area contributed by atoms with Crippen molar-refractivity contribution in [3.63, 3.8) is 0 Å².